The molecule has 0 radical (unpaired) electrons. The second kappa shape index (κ2) is 9.12. The lowest BCUT2D eigenvalue weighted by atomic mass is 9.96. The Morgan fingerprint density at radius 1 is 0.973 bits per heavy atom. The van der Waals surface area contributed by atoms with Gasteiger partial charge in [-0.1, -0.05) is 6.07 Å². The summed E-state index contributed by atoms with van der Waals surface area (Å²) >= 11 is 0. The Morgan fingerprint density at radius 2 is 1.76 bits per heavy atom. The second-order valence-corrected chi connectivity index (χ2v) is 8.70. The number of hydrogen-bond acceptors (Lipinski definition) is 5. The minimum atomic E-state index is -4.65. The molecule has 1 aliphatic heterocycles. The van der Waals surface area contributed by atoms with Gasteiger partial charge in [0.05, 0.1) is 12.1 Å². The van der Waals surface area contributed by atoms with Crippen LogP contribution in [-0.2, 0) is 17.4 Å². The highest BCUT2D eigenvalue weighted by molar-refractivity contribution is 6.04. The van der Waals surface area contributed by atoms with Crippen molar-refractivity contribution in [3.8, 4) is 22.4 Å². The van der Waals surface area contributed by atoms with Crippen molar-refractivity contribution in [2.45, 2.75) is 26.4 Å². The van der Waals surface area contributed by atoms with Gasteiger partial charge in [0.25, 0.3) is 5.91 Å². The number of pyridine rings is 3. The minimum Gasteiger partial charge on any atom is -0.322 e. The van der Waals surface area contributed by atoms with Gasteiger partial charge in [-0.15, -0.1) is 0 Å². The zero-order chi connectivity index (χ0) is 26.3. The average molecular weight is 503 g/mol. The lowest BCUT2D eigenvalue weighted by molar-refractivity contribution is -0.141. The molecule has 0 atom stereocenters. The number of alkyl halides is 3. The molecule has 0 bridgehead atoms. The molecule has 1 aromatic carbocycles. The molecule has 10 heteroatoms. The zero-order valence-corrected chi connectivity index (χ0v) is 19.8. The highest BCUT2D eigenvalue weighted by atomic mass is 19.4. The van der Waals surface area contributed by atoms with Gasteiger partial charge in [-0.3, -0.25) is 19.6 Å². The van der Waals surface area contributed by atoms with E-state index in [1.165, 1.54) is 6.07 Å². The van der Waals surface area contributed by atoms with Crippen LogP contribution in [0.15, 0.2) is 60.9 Å². The van der Waals surface area contributed by atoms with E-state index >= 15 is 0 Å². The summed E-state index contributed by atoms with van der Waals surface area (Å²) in [5.41, 5.74) is 4.72. The smallest absolute Gasteiger partial charge is 0.322 e. The summed E-state index contributed by atoms with van der Waals surface area (Å²) < 4.78 is 39.0. The summed E-state index contributed by atoms with van der Waals surface area (Å²) in [5, 5.41) is 5.41. The molecule has 4 heterocycles. The van der Waals surface area contributed by atoms with E-state index in [-0.39, 0.29) is 17.9 Å². The van der Waals surface area contributed by atoms with E-state index in [1.807, 2.05) is 38.1 Å². The second-order valence-electron chi connectivity index (χ2n) is 8.70. The maximum atomic E-state index is 13.0. The molecule has 186 valence electrons. The van der Waals surface area contributed by atoms with Gasteiger partial charge in [0.1, 0.15) is 11.5 Å². The van der Waals surface area contributed by atoms with Crippen LogP contribution < -0.4 is 10.6 Å². The number of amides is 2. The van der Waals surface area contributed by atoms with Crippen LogP contribution in [0.25, 0.3) is 22.4 Å². The van der Waals surface area contributed by atoms with Gasteiger partial charge in [0, 0.05) is 40.5 Å². The molecule has 3 aromatic heterocycles. The SMILES string of the molecule is Cc1cc(-c2cc(NC(=O)c3ccnc(C(F)(F)F)c3)ccc2C)cc(-c2ccnc3c2CC(=O)N3)n1. The molecule has 0 saturated carbocycles. The molecule has 0 spiro atoms. The van der Waals surface area contributed by atoms with Crippen molar-refractivity contribution < 1.29 is 22.8 Å². The number of carbonyl (C=O) groups is 2. The van der Waals surface area contributed by atoms with Gasteiger partial charge >= 0.3 is 6.18 Å². The van der Waals surface area contributed by atoms with Crippen molar-refractivity contribution in [2.75, 3.05) is 10.6 Å². The maximum absolute atomic E-state index is 13.0. The molecule has 0 unspecified atom stereocenters. The summed E-state index contributed by atoms with van der Waals surface area (Å²) in [7, 11) is 0. The monoisotopic (exact) mass is 503 g/mol. The quantitative estimate of drug-likeness (QED) is 0.379. The van der Waals surface area contributed by atoms with Crippen LogP contribution in [0.2, 0.25) is 0 Å². The fourth-order valence-electron chi connectivity index (χ4n) is 4.26. The molecular formula is C27H20F3N5O2. The Balaban J connectivity index is 1.48. The van der Waals surface area contributed by atoms with E-state index < -0.39 is 17.8 Å². The molecule has 0 fully saturated rings. The van der Waals surface area contributed by atoms with Crippen molar-refractivity contribution in [3.63, 3.8) is 0 Å². The number of carbonyl (C=O) groups excluding carboxylic acids is 2. The summed E-state index contributed by atoms with van der Waals surface area (Å²) in [6.07, 6.45) is -1.86. The summed E-state index contributed by atoms with van der Waals surface area (Å²) in [4.78, 5) is 36.8. The number of halogens is 3. The Labute approximate surface area is 209 Å². The van der Waals surface area contributed by atoms with Gasteiger partial charge in [-0.25, -0.2) is 4.98 Å². The Bertz CT molecular complexity index is 1570. The van der Waals surface area contributed by atoms with E-state index in [1.54, 1.807) is 18.3 Å². The van der Waals surface area contributed by atoms with Gasteiger partial charge in [-0.05, 0) is 73.0 Å². The molecule has 2 amide bonds. The van der Waals surface area contributed by atoms with Gasteiger partial charge in [-0.2, -0.15) is 13.2 Å². The third kappa shape index (κ3) is 4.90. The van der Waals surface area contributed by atoms with E-state index in [0.29, 0.717) is 17.2 Å². The van der Waals surface area contributed by atoms with Crippen molar-refractivity contribution in [2.24, 2.45) is 0 Å². The molecular weight excluding hydrogens is 483 g/mol. The molecule has 4 aromatic rings. The number of anilines is 2. The van der Waals surface area contributed by atoms with E-state index in [0.717, 1.165) is 45.8 Å². The van der Waals surface area contributed by atoms with Crippen LogP contribution in [0.1, 0.15) is 32.9 Å². The average Bonchev–Trinajstić information content (AvgIpc) is 3.24. The first kappa shape index (κ1) is 24.1. The van der Waals surface area contributed by atoms with Crippen molar-refractivity contribution >= 4 is 23.3 Å². The van der Waals surface area contributed by atoms with E-state index in [4.69, 9.17) is 0 Å². The van der Waals surface area contributed by atoms with Crippen molar-refractivity contribution in [3.05, 3.63) is 89.0 Å². The third-order valence-electron chi connectivity index (χ3n) is 6.00. The van der Waals surface area contributed by atoms with Crippen LogP contribution in [0.3, 0.4) is 0 Å². The first-order valence-electron chi connectivity index (χ1n) is 11.3. The first-order valence-corrected chi connectivity index (χ1v) is 11.3. The molecule has 1 aliphatic rings. The maximum Gasteiger partial charge on any atom is 0.433 e. The molecule has 7 nitrogen and oxygen atoms in total. The Morgan fingerprint density at radius 3 is 2.54 bits per heavy atom. The normalized spacial score (nSPS) is 12.7. The highest BCUT2D eigenvalue weighted by Crippen LogP contribution is 2.35. The van der Waals surface area contributed by atoms with Crippen LogP contribution in [-0.4, -0.2) is 26.8 Å². The van der Waals surface area contributed by atoms with Crippen LogP contribution in [0.5, 0.6) is 0 Å². The molecule has 37 heavy (non-hydrogen) atoms. The highest BCUT2D eigenvalue weighted by Gasteiger charge is 2.33. The third-order valence-corrected chi connectivity index (χ3v) is 6.00. The van der Waals surface area contributed by atoms with Crippen LogP contribution >= 0.6 is 0 Å². The Hall–Kier alpha value is -4.60. The molecule has 2 N–H and O–H groups in total. The number of nitrogens with one attached hydrogen (secondary N) is 2. The molecule has 0 saturated heterocycles. The van der Waals surface area contributed by atoms with Crippen molar-refractivity contribution in [1.82, 2.24) is 15.0 Å². The van der Waals surface area contributed by atoms with Crippen molar-refractivity contribution in [1.29, 1.82) is 0 Å². The Kier molecular flexibility index (Phi) is 5.94. The number of benzene rings is 1. The minimum absolute atomic E-state index is 0.126. The standard InChI is InChI=1S/C27H20F3N5O2/c1-14-3-4-18(34-26(37)16-5-7-31-23(11-16)27(28,29)30)12-20(14)17-9-15(2)33-22(10-17)19-6-8-32-25-21(19)13-24(36)35-25/h3-12H,13H2,1-2H3,(H,34,37)(H,32,35,36). The van der Waals surface area contributed by atoms with Crippen LogP contribution in [0, 0.1) is 13.8 Å². The van der Waals surface area contributed by atoms with E-state index in [9.17, 15) is 22.8 Å². The van der Waals surface area contributed by atoms with Gasteiger partial charge in [0.2, 0.25) is 5.91 Å². The number of fused-ring (bicyclic) bond motifs is 1. The van der Waals surface area contributed by atoms with Gasteiger partial charge < -0.3 is 10.6 Å². The lowest BCUT2D eigenvalue weighted by Gasteiger charge is -2.14. The number of hydrogen-bond donors (Lipinski definition) is 2. The van der Waals surface area contributed by atoms with E-state index in [2.05, 4.69) is 25.6 Å². The molecule has 5 rings (SSSR count). The fourth-order valence-corrected chi connectivity index (χ4v) is 4.26. The topological polar surface area (TPSA) is 96.9 Å². The molecule has 0 aliphatic carbocycles. The predicted molar refractivity (Wildman–Crippen MR) is 132 cm³/mol. The summed E-state index contributed by atoms with van der Waals surface area (Å²) in [5.74, 6) is -0.282. The number of aryl methyl sites for hydroxylation is 2. The zero-order valence-electron chi connectivity index (χ0n) is 19.8. The number of nitrogens with zero attached hydrogens (tertiary/aromatic N) is 3. The fraction of sp³-hybridized carbons (Fsp3) is 0.148. The number of aromatic nitrogens is 3. The predicted octanol–water partition coefficient (Wildman–Crippen LogP) is 5.59. The van der Waals surface area contributed by atoms with Gasteiger partial charge in [0.15, 0.2) is 0 Å². The van der Waals surface area contributed by atoms with Crippen LogP contribution in [0.4, 0.5) is 24.7 Å². The number of rotatable bonds is 4. The summed E-state index contributed by atoms with van der Waals surface area (Å²) in [6.45, 7) is 3.78. The largest absolute Gasteiger partial charge is 0.433 e. The summed E-state index contributed by atoms with van der Waals surface area (Å²) in [6, 6.07) is 12.8. The first-order chi connectivity index (χ1) is 17.6. The lowest BCUT2D eigenvalue weighted by Crippen LogP contribution is -2.15.